The third-order valence-corrected chi connectivity index (χ3v) is 2.80. The van der Waals surface area contributed by atoms with Gasteiger partial charge < -0.3 is 14.8 Å². The van der Waals surface area contributed by atoms with Gasteiger partial charge in [-0.15, -0.1) is 0 Å². The smallest absolute Gasteiger partial charge is 0.224 e. The van der Waals surface area contributed by atoms with Gasteiger partial charge in [-0.25, -0.2) is 4.98 Å². The Morgan fingerprint density at radius 2 is 2.05 bits per heavy atom. The number of halogens is 1. The summed E-state index contributed by atoms with van der Waals surface area (Å²) in [7, 11) is 0. The average Bonchev–Trinajstić information content (AvgIpc) is 2.45. The minimum absolute atomic E-state index is 0.349. The molecule has 5 nitrogen and oxygen atoms in total. The molecule has 0 aliphatic rings. The maximum Gasteiger partial charge on any atom is 0.224 e. The normalized spacial score (nSPS) is 10.4. The highest BCUT2D eigenvalue weighted by molar-refractivity contribution is 6.30. The molecule has 0 bridgehead atoms. The Labute approximate surface area is 129 Å². The third kappa shape index (κ3) is 4.88. The third-order valence-electron chi connectivity index (χ3n) is 2.56. The summed E-state index contributed by atoms with van der Waals surface area (Å²) in [4.78, 5) is 8.70. The topological polar surface area (TPSA) is 56.3 Å². The van der Waals surface area contributed by atoms with Gasteiger partial charge in [0, 0.05) is 24.2 Å². The fourth-order valence-corrected chi connectivity index (χ4v) is 1.89. The summed E-state index contributed by atoms with van der Waals surface area (Å²) in [5.74, 6) is 2.37. The minimum Gasteiger partial charge on any atom is -0.439 e. The summed E-state index contributed by atoms with van der Waals surface area (Å²) < 4.78 is 11.1. The van der Waals surface area contributed by atoms with Crippen LogP contribution in [0.5, 0.6) is 11.6 Å². The van der Waals surface area contributed by atoms with Crippen molar-refractivity contribution in [3.63, 3.8) is 0 Å². The van der Waals surface area contributed by atoms with E-state index in [-0.39, 0.29) is 0 Å². The second-order valence-corrected chi connectivity index (χ2v) is 4.67. The Morgan fingerprint density at radius 1 is 1.19 bits per heavy atom. The van der Waals surface area contributed by atoms with Crippen LogP contribution in [-0.4, -0.2) is 23.1 Å². The quantitative estimate of drug-likeness (QED) is 0.841. The molecule has 0 saturated heterocycles. The van der Waals surface area contributed by atoms with Gasteiger partial charge in [0.25, 0.3) is 0 Å². The zero-order chi connectivity index (χ0) is 15.1. The molecule has 0 spiro atoms. The van der Waals surface area contributed by atoms with Gasteiger partial charge in [0.2, 0.25) is 5.88 Å². The van der Waals surface area contributed by atoms with Gasteiger partial charge in [0.05, 0.1) is 0 Å². The summed E-state index contributed by atoms with van der Waals surface area (Å²) in [5.41, 5.74) is 0. The molecule has 0 atom stereocenters. The largest absolute Gasteiger partial charge is 0.439 e. The lowest BCUT2D eigenvalue weighted by atomic mass is 10.3. The molecule has 6 heteroatoms. The molecule has 0 saturated carbocycles. The molecule has 1 aromatic carbocycles. The van der Waals surface area contributed by atoms with Crippen molar-refractivity contribution in [2.75, 3.05) is 18.5 Å². The van der Waals surface area contributed by atoms with Crippen LogP contribution in [0.3, 0.4) is 0 Å². The molecule has 0 radical (unpaired) electrons. The second kappa shape index (κ2) is 7.81. The number of hydrogen-bond acceptors (Lipinski definition) is 5. The van der Waals surface area contributed by atoms with Gasteiger partial charge in [0.15, 0.2) is 5.82 Å². The molecule has 0 aliphatic heterocycles. The lowest BCUT2D eigenvalue weighted by molar-refractivity contribution is 0.128. The summed E-state index contributed by atoms with van der Waals surface area (Å²) >= 11 is 5.95. The minimum atomic E-state index is 0.349. The van der Waals surface area contributed by atoms with E-state index in [4.69, 9.17) is 21.1 Å². The maximum absolute atomic E-state index is 5.95. The van der Waals surface area contributed by atoms with E-state index in [2.05, 4.69) is 15.3 Å². The van der Waals surface area contributed by atoms with Crippen molar-refractivity contribution in [2.24, 2.45) is 0 Å². The van der Waals surface area contributed by atoms with E-state index >= 15 is 0 Å². The van der Waals surface area contributed by atoms with Crippen LogP contribution in [0.1, 0.15) is 19.7 Å². The number of nitrogens with one attached hydrogen (secondary N) is 1. The number of aromatic nitrogens is 2. The molecule has 2 rings (SSSR count). The number of hydrogen-bond donors (Lipinski definition) is 1. The van der Waals surface area contributed by atoms with Crippen molar-refractivity contribution in [1.82, 2.24) is 9.97 Å². The number of ether oxygens (including phenoxy) is 2. The van der Waals surface area contributed by atoms with E-state index in [0.717, 1.165) is 6.54 Å². The molecule has 0 fully saturated rings. The SMILES string of the molecule is CCNc1cc(Oc2cccc(Cl)c2)nc(COCC)n1. The molecule has 0 aliphatic carbocycles. The number of anilines is 1. The molecular formula is C15H18ClN3O2. The van der Waals surface area contributed by atoms with Gasteiger partial charge in [0.1, 0.15) is 18.2 Å². The van der Waals surface area contributed by atoms with Crippen molar-refractivity contribution < 1.29 is 9.47 Å². The highest BCUT2D eigenvalue weighted by Gasteiger charge is 2.07. The Bertz CT molecular complexity index is 593. The maximum atomic E-state index is 5.95. The van der Waals surface area contributed by atoms with E-state index in [1.807, 2.05) is 26.0 Å². The predicted molar refractivity (Wildman–Crippen MR) is 83.1 cm³/mol. The molecule has 2 aromatic rings. The Balaban J connectivity index is 2.22. The monoisotopic (exact) mass is 307 g/mol. The standard InChI is InChI=1S/C15H18ClN3O2/c1-3-17-13-9-15(19-14(18-13)10-20-4-2)21-12-7-5-6-11(16)8-12/h5-9H,3-4,10H2,1-2H3,(H,17,18,19). The van der Waals surface area contributed by atoms with E-state index in [1.54, 1.807) is 18.2 Å². The second-order valence-electron chi connectivity index (χ2n) is 4.23. The summed E-state index contributed by atoms with van der Waals surface area (Å²) in [6.45, 7) is 5.65. The zero-order valence-corrected chi connectivity index (χ0v) is 12.9. The van der Waals surface area contributed by atoms with Crippen LogP contribution in [0.25, 0.3) is 0 Å². The molecule has 1 aromatic heterocycles. The Kier molecular flexibility index (Phi) is 5.78. The van der Waals surface area contributed by atoms with Crippen LogP contribution in [0.4, 0.5) is 5.82 Å². The van der Waals surface area contributed by atoms with Crippen LogP contribution in [-0.2, 0) is 11.3 Å². The lowest BCUT2D eigenvalue weighted by Gasteiger charge is -2.10. The number of rotatable bonds is 7. The van der Waals surface area contributed by atoms with Crippen molar-refractivity contribution in [2.45, 2.75) is 20.5 Å². The highest BCUT2D eigenvalue weighted by Crippen LogP contribution is 2.24. The predicted octanol–water partition coefficient (Wildman–Crippen LogP) is 3.89. The Morgan fingerprint density at radius 3 is 2.76 bits per heavy atom. The molecule has 1 N–H and O–H groups in total. The fraction of sp³-hybridized carbons (Fsp3) is 0.333. The van der Waals surface area contributed by atoms with Gasteiger partial charge >= 0.3 is 0 Å². The highest BCUT2D eigenvalue weighted by atomic mass is 35.5. The van der Waals surface area contributed by atoms with Crippen LogP contribution in [0.15, 0.2) is 30.3 Å². The van der Waals surface area contributed by atoms with Crippen LogP contribution >= 0.6 is 11.6 Å². The first kappa shape index (κ1) is 15.5. The van der Waals surface area contributed by atoms with E-state index in [0.29, 0.717) is 41.5 Å². The van der Waals surface area contributed by atoms with Crippen molar-refractivity contribution in [1.29, 1.82) is 0 Å². The lowest BCUT2D eigenvalue weighted by Crippen LogP contribution is -2.06. The van der Waals surface area contributed by atoms with Gasteiger partial charge in [-0.3, -0.25) is 0 Å². The van der Waals surface area contributed by atoms with Crippen molar-refractivity contribution in [3.8, 4) is 11.6 Å². The average molecular weight is 308 g/mol. The first-order valence-electron chi connectivity index (χ1n) is 6.84. The zero-order valence-electron chi connectivity index (χ0n) is 12.1. The molecule has 1 heterocycles. The van der Waals surface area contributed by atoms with Crippen LogP contribution in [0, 0.1) is 0 Å². The molecule has 0 unspecified atom stereocenters. The Hall–Kier alpha value is -1.85. The first-order chi connectivity index (χ1) is 10.2. The van der Waals surface area contributed by atoms with Gasteiger partial charge in [-0.2, -0.15) is 4.98 Å². The fourth-order valence-electron chi connectivity index (χ4n) is 1.71. The molecule has 0 amide bonds. The van der Waals surface area contributed by atoms with E-state index < -0.39 is 0 Å². The van der Waals surface area contributed by atoms with Crippen LogP contribution < -0.4 is 10.1 Å². The number of benzene rings is 1. The van der Waals surface area contributed by atoms with E-state index in [1.165, 1.54) is 0 Å². The van der Waals surface area contributed by atoms with Gasteiger partial charge in [-0.05, 0) is 32.0 Å². The van der Waals surface area contributed by atoms with Gasteiger partial charge in [-0.1, -0.05) is 17.7 Å². The van der Waals surface area contributed by atoms with E-state index in [9.17, 15) is 0 Å². The van der Waals surface area contributed by atoms with Crippen molar-refractivity contribution >= 4 is 17.4 Å². The molecule has 21 heavy (non-hydrogen) atoms. The summed E-state index contributed by atoms with van der Waals surface area (Å²) in [6.07, 6.45) is 0. The summed E-state index contributed by atoms with van der Waals surface area (Å²) in [5, 5.41) is 3.76. The first-order valence-corrected chi connectivity index (χ1v) is 7.22. The summed E-state index contributed by atoms with van der Waals surface area (Å²) in [6, 6.07) is 8.92. The van der Waals surface area contributed by atoms with Crippen LogP contribution in [0.2, 0.25) is 5.02 Å². The molecule has 112 valence electrons. The van der Waals surface area contributed by atoms with Crippen molar-refractivity contribution in [3.05, 3.63) is 41.2 Å². The number of nitrogens with zero attached hydrogens (tertiary/aromatic N) is 2. The molecular weight excluding hydrogens is 290 g/mol.